The number of aromatic nitrogens is 12. The molecule has 4 heterocycles. The molecular formula is C62H38N12O. The number of rotatable bonds is 10. The van der Waals surface area contributed by atoms with Gasteiger partial charge in [0.05, 0.1) is 5.41 Å². The van der Waals surface area contributed by atoms with E-state index in [0.29, 0.717) is 80.0 Å². The molecule has 0 saturated carbocycles. The van der Waals surface area contributed by atoms with Gasteiger partial charge >= 0.3 is 0 Å². The first-order chi connectivity index (χ1) is 37.1. The Morgan fingerprint density at radius 2 is 0.493 bits per heavy atom. The van der Waals surface area contributed by atoms with E-state index in [1.165, 1.54) is 25.3 Å². The number of carbonyl (C=O) groups is 1. The van der Waals surface area contributed by atoms with Crippen molar-refractivity contribution in [1.82, 2.24) is 59.8 Å². The zero-order chi connectivity index (χ0) is 50.1. The first kappa shape index (κ1) is 44.4. The lowest BCUT2D eigenvalue weighted by atomic mass is 9.59. The molecule has 0 atom stereocenters. The molecule has 1 aliphatic rings. The Bertz CT molecular complexity index is 3640. The van der Waals surface area contributed by atoms with Crippen LogP contribution in [0.25, 0.3) is 91.1 Å². The van der Waals surface area contributed by atoms with E-state index in [1.54, 1.807) is 0 Å². The number of hydrogen-bond donors (Lipinski definition) is 0. The fourth-order valence-electron chi connectivity index (χ4n) is 9.95. The minimum Gasteiger partial charge on any atom is -0.289 e. The van der Waals surface area contributed by atoms with Crippen LogP contribution in [0.15, 0.2) is 232 Å². The predicted molar refractivity (Wildman–Crippen MR) is 285 cm³/mol. The maximum atomic E-state index is 15.0. The Morgan fingerprint density at radius 3 is 0.773 bits per heavy atom. The highest BCUT2D eigenvalue weighted by molar-refractivity contribution is 6.14. The molecule has 352 valence electrons. The van der Waals surface area contributed by atoms with Crippen LogP contribution in [0.2, 0.25) is 0 Å². The van der Waals surface area contributed by atoms with Crippen LogP contribution in [-0.2, 0) is 5.41 Å². The molecule has 0 radical (unpaired) electrons. The van der Waals surface area contributed by atoms with E-state index >= 15 is 0 Å². The molecule has 12 aromatic rings. The third kappa shape index (κ3) is 8.16. The van der Waals surface area contributed by atoms with E-state index in [2.05, 4.69) is 44.2 Å². The lowest BCUT2D eigenvalue weighted by Gasteiger charge is -2.42. The van der Waals surface area contributed by atoms with Crippen LogP contribution < -0.4 is 0 Å². The van der Waals surface area contributed by atoms with Gasteiger partial charge in [-0.3, -0.25) is 4.79 Å². The third-order valence-electron chi connectivity index (χ3n) is 13.3. The highest BCUT2D eigenvalue weighted by Gasteiger charge is 2.47. The molecule has 0 amide bonds. The van der Waals surface area contributed by atoms with Crippen molar-refractivity contribution in [3.05, 3.63) is 265 Å². The first-order valence-corrected chi connectivity index (χ1v) is 24.1. The molecule has 13 nitrogen and oxygen atoms in total. The minimum atomic E-state index is -1.27. The average Bonchev–Trinajstić information content (AvgIpc) is 3.51. The molecule has 0 unspecified atom stereocenters. The van der Waals surface area contributed by atoms with Crippen molar-refractivity contribution in [3.63, 3.8) is 0 Å². The van der Waals surface area contributed by atoms with Crippen molar-refractivity contribution < 1.29 is 4.79 Å². The molecule has 13 heteroatoms. The van der Waals surface area contributed by atoms with Gasteiger partial charge in [-0.1, -0.05) is 170 Å². The lowest BCUT2D eigenvalue weighted by molar-refractivity contribution is 0.103. The largest absolute Gasteiger partial charge is 0.289 e. The molecule has 0 spiro atoms. The van der Waals surface area contributed by atoms with Gasteiger partial charge < -0.3 is 0 Å². The molecule has 0 bridgehead atoms. The number of hydrogen-bond acceptors (Lipinski definition) is 13. The summed E-state index contributed by atoms with van der Waals surface area (Å²) in [6.07, 6.45) is 6.11. The number of nitrogens with zero attached hydrogens (tertiary/aromatic N) is 12. The van der Waals surface area contributed by atoms with Crippen molar-refractivity contribution in [3.8, 4) is 91.1 Å². The van der Waals surface area contributed by atoms with Gasteiger partial charge in [0, 0.05) is 55.6 Å². The summed E-state index contributed by atoms with van der Waals surface area (Å²) in [7, 11) is 0. The molecule has 8 aromatic carbocycles. The van der Waals surface area contributed by atoms with Crippen LogP contribution in [0.4, 0.5) is 0 Å². The van der Waals surface area contributed by atoms with Crippen molar-refractivity contribution >= 4 is 5.78 Å². The van der Waals surface area contributed by atoms with E-state index in [1.807, 2.05) is 182 Å². The van der Waals surface area contributed by atoms with Gasteiger partial charge in [0.1, 0.15) is 25.3 Å². The average molecular weight is 967 g/mol. The highest BCUT2D eigenvalue weighted by Crippen LogP contribution is 2.53. The van der Waals surface area contributed by atoms with Crippen LogP contribution in [0.5, 0.6) is 0 Å². The Labute approximate surface area is 430 Å². The quantitative estimate of drug-likeness (QED) is 0.127. The summed E-state index contributed by atoms with van der Waals surface area (Å²) in [5.74, 6) is 3.58. The van der Waals surface area contributed by atoms with Crippen molar-refractivity contribution in [2.75, 3.05) is 0 Å². The van der Waals surface area contributed by atoms with Crippen molar-refractivity contribution in [2.24, 2.45) is 0 Å². The number of carbonyl (C=O) groups excluding carboxylic acids is 1. The van der Waals surface area contributed by atoms with E-state index in [9.17, 15) is 4.79 Å². The monoisotopic (exact) mass is 966 g/mol. The van der Waals surface area contributed by atoms with Gasteiger partial charge in [-0.25, -0.2) is 59.8 Å². The molecule has 0 fully saturated rings. The molecule has 0 saturated heterocycles. The van der Waals surface area contributed by atoms with E-state index in [0.717, 1.165) is 44.5 Å². The number of ketones is 1. The Balaban J connectivity index is 1.14. The van der Waals surface area contributed by atoms with E-state index in [4.69, 9.17) is 39.9 Å². The Hall–Kier alpha value is -10.5. The molecule has 0 N–H and O–H groups in total. The standard InChI is InChI=1S/C62H38N12O/c75-53-49-25-13-15-27-51(49)62(52-28-16-14-26-50(52)53,47-31-43(58-67-35-63-54(71-58)39-17-5-1-6-18-39)29-44(32-47)59-68-36-64-55(72-59)40-19-7-2-8-20-40)48-33-45(60-69-37-65-56(73-60)41-21-9-3-10-22-41)30-46(34-48)61-70-38-66-57(74-61)42-23-11-4-12-24-42/h1-38H. The summed E-state index contributed by atoms with van der Waals surface area (Å²) in [4.78, 5) is 73.1. The van der Waals surface area contributed by atoms with Crippen LogP contribution >= 0.6 is 0 Å². The fraction of sp³-hybridized carbons (Fsp3) is 0.0161. The van der Waals surface area contributed by atoms with E-state index in [-0.39, 0.29) is 5.78 Å². The smallest absolute Gasteiger partial charge is 0.193 e. The summed E-state index contributed by atoms with van der Waals surface area (Å²) in [5, 5.41) is 0. The van der Waals surface area contributed by atoms with Gasteiger partial charge in [0.25, 0.3) is 0 Å². The maximum absolute atomic E-state index is 15.0. The van der Waals surface area contributed by atoms with Gasteiger partial charge in [-0.05, 0) is 58.7 Å². The van der Waals surface area contributed by atoms with Crippen LogP contribution in [0, 0.1) is 0 Å². The van der Waals surface area contributed by atoms with Gasteiger partial charge in [-0.15, -0.1) is 0 Å². The summed E-state index contributed by atoms with van der Waals surface area (Å²) < 4.78 is 0. The van der Waals surface area contributed by atoms with Crippen molar-refractivity contribution in [2.45, 2.75) is 5.41 Å². The van der Waals surface area contributed by atoms with Gasteiger partial charge in [0.15, 0.2) is 52.4 Å². The summed E-state index contributed by atoms with van der Waals surface area (Å²) in [6.45, 7) is 0. The first-order valence-electron chi connectivity index (χ1n) is 24.1. The zero-order valence-corrected chi connectivity index (χ0v) is 39.7. The maximum Gasteiger partial charge on any atom is 0.193 e. The second-order valence-electron chi connectivity index (χ2n) is 17.8. The van der Waals surface area contributed by atoms with Gasteiger partial charge in [0.2, 0.25) is 0 Å². The van der Waals surface area contributed by atoms with Crippen LogP contribution in [-0.4, -0.2) is 65.6 Å². The molecule has 0 aliphatic heterocycles. The molecule has 13 rings (SSSR count). The second kappa shape index (κ2) is 18.9. The molecule has 1 aliphatic carbocycles. The minimum absolute atomic E-state index is 0.102. The normalized spacial score (nSPS) is 12.4. The van der Waals surface area contributed by atoms with Gasteiger partial charge in [-0.2, -0.15) is 0 Å². The molecule has 75 heavy (non-hydrogen) atoms. The summed E-state index contributed by atoms with van der Waals surface area (Å²) in [5.41, 5.74) is 8.74. The third-order valence-corrected chi connectivity index (χ3v) is 13.3. The topological polar surface area (TPSA) is 172 Å². The SMILES string of the molecule is O=C1c2ccccc2C(c2cc(-c3ncnc(-c4ccccc4)n3)cc(-c3ncnc(-c4ccccc4)n3)c2)(c2cc(-c3ncnc(-c4ccccc4)n3)cc(-c3ncnc(-c4ccccc4)n3)c2)c2ccccc21. The summed E-state index contributed by atoms with van der Waals surface area (Å²) >= 11 is 0. The Kier molecular flexibility index (Phi) is 11.2. The molecular weight excluding hydrogens is 929 g/mol. The fourth-order valence-corrected chi connectivity index (χ4v) is 9.95. The predicted octanol–water partition coefficient (Wildman–Crippen LogP) is 11.7. The number of fused-ring (bicyclic) bond motifs is 2. The lowest BCUT2D eigenvalue weighted by Crippen LogP contribution is -2.38. The van der Waals surface area contributed by atoms with Crippen LogP contribution in [0.1, 0.15) is 38.2 Å². The van der Waals surface area contributed by atoms with Crippen molar-refractivity contribution in [1.29, 1.82) is 0 Å². The Morgan fingerprint density at radius 1 is 0.253 bits per heavy atom. The zero-order valence-electron chi connectivity index (χ0n) is 39.7. The van der Waals surface area contributed by atoms with Crippen LogP contribution in [0.3, 0.4) is 0 Å². The second-order valence-corrected chi connectivity index (χ2v) is 17.8. The number of benzene rings is 8. The van der Waals surface area contributed by atoms with E-state index < -0.39 is 5.41 Å². The highest BCUT2D eigenvalue weighted by atomic mass is 16.1. The molecule has 4 aromatic heterocycles. The summed E-state index contributed by atoms with van der Waals surface area (Å²) in [6, 6.07) is 67.1.